The Morgan fingerprint density at radius 2 is 1.86 bits per heavy atom. The minimum absolute atomic E-state index is 0.0157. The quantitative estimate of drug-likeness (QED) is 0.762. The van der Waals surface area contributed by atoms with E-state index >= 15 is 0 Å². The first-order chi connectivity index (χ1) is 10.1. The molecule has 1 aromatic heterocycles. The van der Waals surface area contributed by atoms with Crippen molar-refractivity contribution >= 4 is 15.9 Å². The van der Waals surface area contributed by atoms with Gasteiger partial charge in [-0.3, -0.25) is 4.79 Å². The molecule has 0 saturated heterocycles. The molecule has 0 aliphatic rings. The third kappa shape index (κ3) is 2.90. The summed E-state index contributed by atoms with van der Waals surface area (Å²) in [4.78, 5) is 14.1. The Morgan fingerprint density at radius 3 is 2.41 bits per heavy atom. The number of aryl methyl sites for hydroxylation is 1. The fraction of sp³-hybridized carbons (Fsp3) is 0.143. The van der Waals surface area contributed by atoms with Crippen LogP contribution in [-0.4, -0.2) is 4.98 Å². The van der Waals surface area contributed by atoms with Gasteiger partial charge in [0.15, 0.2) is 0 Å². The Kier molecular flexibility index (Phi) is 4.11. The molecule has 0 amide bonds. The second-order valence-electron chi connectivity index (χ2n) is 4.49. The lowest BCUT2D eigenvalue weighted by Gasteiger charge is -2.13. The zero-order valence-electron chi connectivity index (χ0n) is 11.0. The molecule has 0 atom stereocenters. The summed E-state index contributed by atoms with van der Waals surface area (Å²) in [6.07, 6.45) is -4.90. The molecule has 8 heteroatoms. The van der Waals surface area contributed by atoms with Gasteiger partial charge in [-0.2, -0.15) is 18.4 Å². The highest BCUT2D eigenvalue weighted by Crippen LogP contribution is 2.38. The molecule has 1 N–H and O–H groups in total. The van der Waals surface area contributed by atoms with Crippen LogP contribution in [-0.2, 0) is 6.18 Å². The van der Waals surface area contributed by atoms with Gasteiger partial charge in [0.1, 0.15) is 17.4 Å². The van der Waals surface area contributed by atoms with Gasteiger partial charge >= 0.3 is 6.18 Å². The average molecular weight is 375 g/mol. The molecule has 3 nitrogen and oxygen atoms in total. The summed E-state index contributed by atoms with van der Waals surface area (Å²) in [6.45, 7) is 1.48. The van der Waals surface area contributed by atoms with Crippen molar-refractivity contribution in [3.8, 4) is 17.2 Å². The van der Waals surface area contributed by atoms with Gasteiger partial charge in [-0.25, -0.2) is 4.39 Å². The molecule has 1 aromatic carbocycles. The number of rotatable bonds is 1. The molecule has 0 saturated carbocycles. The summed E-state index contributed by atoms with van der Waals surface area (Å²) >= 11 is 2.88. The van der Waals surface area contributed by atoms with Crippen molar-refractivity contribution in [2.45, 2.75) is 13.1 Å². The van der Waals surface area contributed by atoms with Crippen molar-refractivity contribution in [2.75, 3.05) is 0 Å². The first-order valence-electron chi connectivity index (χ1n) is 5.85. The molecule has 22 heavy (non-hydrogen) atoms. The lowest BCUT2D eigenvalue weighted by Crippen LogP contribution is -2.14. The normalized spacial score (nSPS) is 11.3. The molecule has 0 aliphatic heterocycles. The van der Waals surface area contributed by atoms with Gasteiger partial charge in [0.25, 0.3) is 5.56 Å². The number of aromatic nitrogens is 1. The zero-order valence-corrected chi connectivity index (χ0v) is 12.6. The maximum atomic E-state index is 14.3. The summed E-state index contributed by atoms with van der Waals surface area (Å²) < 4.78 is 52.9. The van der Waals surface area contributed by atoms with Crippen LogP contribution >= 0.6 is 15.9 Å². The van der Waals surface area contributed by atoms with Crippen LogP contribution in [0.1, 0.15) is 16.8 Å². The van der Waals surface area contributed by atoms with Crippen LogP contribution in [0.5, 0.6) is 0 Å². The fourth-order valence-electron chi connectivity index (χ4n) is 2.00. The molecule has 0 radical (unpaired) electrons. The van der Waals surface area contributed by atoms with Crippen molar-refractivity contribution in [3.63, 3.8) is 0 Å². The lowest BCUT2D eigenvalue weighted by atomic mass is 9.98. The van der Waals surface area contributed by atoms with Gasteiger partial charge in [-0.05, 0) is 25.1 Å². The first kappa shape index (κ1) is 16.2. The minimum atomic E-state index is -4.90. The van der Waals surface area contributed by atoms with E-state index in [4.69, 9.17) is 5.26 Å². The maximum absolute atomic E-state index is 14.3. The molecule has 0 bridgehead atoms. The molecule has 114 valence electrons. The summed E-state index contributed by atoms with van der Waals surface area (Å²) in [7, 11) is 0. The number of halogens is 5. The van der Waals surface area contributed by atoms with E-state index in [1.54, 1.807) is 6.07 Å². The van der Waals surface area contributed by atoms with Crippen molar-refractivity contribution in [1.82, 2.24) is 4.98 Å². The van der Waals surface area contributed by atoms with Gasteiger partial charge < -0.3 is 4.98 Å². The highest BCUT2D eigenvalue weighted by atomic mass is 79.9. The number of pyridine rings is 1. The Morgan fingerprint density at radius 1 is 1.23 bits per heavy atom. The Hall–Kier alpha value is -2.14. The topological polar surface area (TPSA) is 56.6 Å². The summed E-state index contributed by atoms with van der Waals surface area (Å²) in [5, 5.41) is 9.01. The van der Waals surface area contributed by atoms with Crippen molar-refractivity contribution < 1.29 is 17.6 Å². The highest BCUT2D eigenvalue weighted by molar-refractivity contribution is 9.10. The van der Waals surface area contributed by atoms with Crippen LogP contribution in [0.2, 0.25) is 0 Å². The van der Waals surface area contributed by atoms with E-state index in [9.17, 15) is 22.4 Å². The first-order valence-corrected chi connectivity index (χ1v) is 6.65. The number of nitriles is 1. The summed E-state index contributed by atoms with van der Waals surface area (Å²) in [6, 6.07) is 4.54. The number of hydrogen-bond acceptors (Lipinski definition) is 2. The van der Waals surface area contributed by atoms with E-state index in [-0.39, 0.29) is 10.0 Å². The van der Waals surface area contributed by atoms with Gasteiger partial charge in [0.2, 0.25) is 0 Å². The van der Waals surface area contributed by atoms with E-state index in [0.717, 1.165) is 6.07 Å². The van der Waals surface area contributed by atoms with Crippen molar-refractivity contribution in [3.05, 3.63) is 55.7 Å². The number of benzene rings is 1. The minimum Gasteiger partial charge on any atom is -0.325 e. The van der Waals surface area contributed by atoms with Crippen LogP contribution in [0.15, 0.2) is 27.5 Å². The molecular formula is C14H7BrF4N2O. The second-order valence-corrected chi connectivity index (χ2v) is 5.41. The number of alkyl halides is 3. The Balaban J connectivity index is 2.89. The number of aromatic amines is 1. The van der Waals surface area contributed by atoms with E-state index in [0.29, 0.717) is 11.8 Å². The van der Waals surface area contributed by atoms with Gasteiger partial charge in [0, 0.05) is 21.3 Å². The van der Waals surface area contributed by atoms with Crippen molar-refractivity contribution in [2.24, 2.45) is 0 Å². The van der Waals surface area contributed by atoms with Crippen molar-refractivity contribution in [1.29, 1.82) is 5.26 Å². The third-order valence-electron chi connectivity index (χ3n) is 2.91. The summed E-state index contributed by atoms with van der Waals surface area (Å²) in [5.74, 6) is -1.53. The SMILES string of the molecule is Cc1cc(-c2cc(Br)cc(C(F)(F)F)c2F)c(C#N)c(=O)[nH]1. The molecule has 1 heterocycles. The standard InChI is InChI=1S/C14H7BrF4N2O/c1-6-2-8(10(5-20)13(22)21-6)9-3-7(15)4-11(12(9)16)14(17,18)19/h2-4H,1H3,(H,21,22). The maximum Gasteiger partial charge on any atom is 0.419 e. The predicted octanol–water partition coefficient (Wildman–Crippen LogP) is 4.14. The Labute approximate surface area is 130 Å². The van der Waals surface area contributed by atoms with Gasteiger partial charge in [0.05, 0.1) is 5.56 Å². The number of nitrogens with zero attached hydrogens (tertiary/aromatic N) is 1. The lowest BCUT2D eigenvalue weighted by molar-refractivity contribution is -0.139. The molecule has 0 fully saturated rings. The second kappa shape index (κ2) is 5.57. The number of hydrogen-bond donors (Lipinski definition) is 1. The highest BCUT2D eigenvalue weighted by Gasteiger charge is 2.36. The van der Waals surface area contributed by atoms with E-state index in [1.165, 1.54) is 13.0 Å². The van der Waals surface area contributed by atoms with Gasteiger partial charge in [-0.15, -0.1) is 0 Å². The van der Waals surface area contributed by atoms with E-state index < -0.39 is 34.2 Å². The van der Waals surface area contributed by atoms with Crippen LogP contribution in [0, 0.1) is 24.1 Å². The summed E-state index contributed by atoms with van der Waals surface area (Å²) in [5.41, 5.74) is -3.06. The molecule has 0 aliphatic carbocycles. The van der Waals surface area contributed by atoms with Crippen LogP contribution in [0.25, 0.3) is 11.1 Å². The Bertz CT molecular complexity index is 850. The number of H-pyrrole nitrogens is 1. The molecule has 0 unspecified atom stereocenters. The predicted molar refractivity (Wildman–Crippen MR) is 74.6 cm³/mol. The monoisotopic (exact) mass is 374 g/mol. The van der Waals surface area contributed by atoms with Crippen LogP contribution in [0.4, 0.5) is 17.6 Å². The molecule has 2 aromatic rings. The van der Waals surface area contributed by atoms with E-state index in [2.05, 4.69) is 20.9 Å². The molecule has 0 spiro atoms. The molecule has 2 rings (SSSR count). The average Bonchev–Trinajstić information content (AvgIpc) is 2.39. The van der Waals surface area contributed by atoms with E-state index in [1.807, 2.05) is 0 Å². The third-order valence-corrected chi connectivity index (χ3v) is 3.37. The smallest absolute Gasteiger partial charge is 0.325 e. The fourth-order valence-corrected chi connectivity index (χ4v) is 2.46. The molecular weight excluding hydrogens is 368 g/mol. The van der Waals surface area contributed by atoms with Crippen LogP contribution in [0.3, 0.4) is 0 Å². The van der Waals surface area contributed by atoms with Crippen LogP contribution < -0.4 is 5.56 Å². The zero-order chi connectivity index (χ0) is 16.7. The van der Waals surface area contributed by atoms with Gasteiger partial charge in [-0.1, -0.05) is 15.9 Å². The largest absolute Gasteiger partial charge is 0.419 e. The number of nitrogens with one attached hydrogen (secondary N) is 1.